The summed E-state index contributed by atoms with van der Waals surface area (Å²) in [5, 5.41) is 22.6. The van der Waals surface area contributed by atoms with Crippen molar-refractivity contribution >= 4 is 17.9 Å². The number of carboxylic acids is 1. The van der Waals surface area contributed by atoms with Gasteiger partial charge in [-0.3, -0.25) is 4.99 Å². The maximum atomic E-state index is 12.1. The SMILES string of the molecule is C=C(/C=C(\N=CC)c1ccc(OCc2ccccc2)cc1)NC(C)(Cc1cccc(O)c1)C(=O)O. The second-order valence-corrected chi connectivity index (χ2v) is 8.35. The van der Waals surface area contributed by atoms with Gasteiger partial charge in [0.1, 0.15) is 23.6 Å². The summed E-state index contributed by atoms with van der Waals surface area (Å²) < 4.78 is 5.85. The lowest BCUT2D eigenvalue weighted by atomic mass is 9.92. The number of carbonyl (C=O) groups is 1. The Labute approximate surface area is 205 Å². The first-order chi connectivity index (χ1) is 16.8. The van der Waals surface area contributed by atoms with Crippen LogP contribution in [-0.2, 0) is 17.8 Å². The Morgan fingerprint density at radius 1 is 1.06 bits per heavy atom. The van der Waals surface area contributed by atoms with E-state index in [2.05, 4.69) is 16.9 Å². The van der Waals surface area contributed by atoms with E-state index in [1.54, 1.807) is 43.5 Å². The number of rotatable bonds is 11. The molecule has 0 saturated heterocycles. The lowest BCUT2D eigenvalue weighted by Crippen LogP contribution is -2.50. The second kappa shape index (κ2) is 11.7. The van der Waals surface area contributed by atoms with Crippen molar-refractivity contribution in [3.8, 4) is 11.5 Å². The molecule has 3 aromatic carbocycles. The Hall–Kier alpha value is -4.32. The normalized spacial score (nSPS) is 13.3. The van der Waals surface area contributed by atoms with Crippen molar-refractivity contribution in [2.75, 3.05) is 0 Å². The molecule has 0 spiro atoms. The summed E-state index contributed by atoms with van der Waals surface area (Å²) in [7, 11) is 0. The van der Waals surface area contributed by atoms with Gasteiger partial charge in [0.25, 0.3) is 0 Å². The van der Waals surface area contributed by atoms with Crippen LogP contribution in [0.25, 0.3) is 5.70 Å². The third kappa shape index (κ3) is 7.33. The molecule has 0 radical (unpaired) electrons. The van der Waals surface area contributed by atoms with E-state index in [9.17, 15) is 15.0 Å². The van der Waals surface area contributed by atoms with Gasteiger partial charge in [-0.05, 0) is 67.4 Å². The predicted molar refractivity (Wildman–Crippen MR) is 139 cm³/mol. The molecule has 0 bridgehead atoms. The molecule has 0 aliphatic carbocycles. The van der Waals surface area contributed by atoms with E-state index < -0.39 is 11.5 Å². The average molecular weight is 471 g/mol. The first-order valence-corrected chi connectivity index (χ1v) is 11.2. The number of hydrogen-bond acceptors (Lipinski definition) is 5. The highest BCUT2D eigenvalue weighted by atomic mass is 16.5. The molecule has 0 aliphatic heterocycles. The Balaban J connectivity index is 1.73. The van der Waals surface area contributed by atoms with Gasteiger partial charge in [0.05, 0.1) is 5.70 Å². The van der Waals surface area contributed by atoms with Crippen molar-refractivity contribution in [1.29, 1.82) is 0 Å². The van der Waals surface area contributed by atoms with Crippen molar-refractivity contribution in [3.05, 3.63) is 114 Å². The first kappa shape index (κ1) is 25.3. The van der Waals surface area contributed by atoms with Gasteiger partial charge in [0, 0.05) is 23.9 Å². The second-order valence-electron chi connectivity index (χ2n) is 8.35. The minimum atomic E-state index is -1.34. The summed E-state index contributed by atoms with van der Waals surface area (Å²) in [6, 6.07) is 24.0. The summed E-state index contributed by atoms with van der Waals surface area (Å²) in [5.74, 6) is -0.209. The Bertz CT molecular complexity index is 1220. The number of benzene rings is 3. The minimum absolute atomic E-state index is 0.0877. The maximum Gasteiger partial charge on any atom is 0.329 e. The smallest absolute Gasteiger partial charge is 0.329 e. The first-order valence-electron chi connectivity index (χ1n) is 11.2. The fourth-order valence-electron chi connectivity index (χ4n) is 3.60. The molecule has 0 aliphatic rings. The van der Waals surface area contributed by atoms with Gasteiger partial charge in [-0.1, -0.05) is 49.0 Å². The molecule has 3 rings (SSSR count). The van der Waals surface area contributed by atoms with Gasteiger partial charge >= 0.3 is 5.97 Å². The van der Waals surface area contributed by atoms with Gasteiger partial charge in [0.15, 0.2) is 0 Å². The topological polar surface area (TPSA) is 91.1 Å². The highest BCUT2D eigenvalue weighted by Crippen LogP contribution is 2.23. The third-order valence-electron chi connectivity index (χ3n) is 5.35. The molecule has 6 heteroatoms. The number of nitrogens with one attached hydrogen (secondary N) is 1. The van der Waals surface area contributed by atoms with Crippen LogP contribution in [0, 0.1) is 0 Å². The number of aliphatic imine (C=N–C) groups is 1. The van der Waals surface area contributed by atoms with Crippen molar-refractivity contribution in [1.82, 2.24) is 5.32 Å². The van der Waals surface area contributed by atoms with Crippen molar-refractivity contribution in [2.24, 2.45) is 4.99 Å². The van der Waals surface area contributed by atoms with Crippen LogP contribution in [0.1, 0.15) is 30.5 Å². The summed E-state index contributed by atoms with van der Waals surface area (Å²) in [4.78, 5) is 16.5. The maximum absolute atomic E-state index is 12.1. The number of aliphatic carboxylic acids is 1. The van der Waals surface area contributed by atoms with Crippen LogP contribution in [0.2, 0.25) is 0 Å². The van der Waals surface area contributed by atoms with Crippen LogP contribution in [0.15, 0.2) is 102 Å². The Morgan fingerprint density at radius 3 is 2.37 bits per heavy atom. The van der Waals surface area contributed by atoms with Gasteiger partial charge in [-0.25, -0.2) is 4.79 Å². The van der Waals surface area contributed by atoms with Gasteiger partial charge < -0.3 is 20.3 Å². The summed E-state index contributed by atoms with van der Waals surface area (Å²) in [6.07, 6.45) is 3.54. The van der Waals surface area contributed by atoms with Gasteiger partial charge in [-0.15, -0.1) is 0 Å². The summed E-state index contributed by atoms with van der Waals surface area (Å²) in [6.45, 7) is 7.88. The standard InChI is InChI=1S/C29H30N2O4/c1-4-30-27(24-13-15-26(16-14-24)35-20-22-9-6-5-7-10-22)17-21(2)31-29(3,28(33)34)19-23-11-8-12-25(32)18-23/h4-18,31-32H,2,19-20H2,1,3H3,(H,33,34)/b27-17-,30-4?. The zero-order chi connectivity index (χ0) is 25.3. The van der Waals surface area contributed by atoms with E-state index in [4.69, 9.17) is 4.74 Å². The zero-order valence-corrected chi connectivity index (χ0v) is 19.9. The molecule has 0 aromatic heterocycles. The van der Waals surface area contributed by atoms with E-state index in [-0.39, 0.29) is 12.2 Å². The van der Waals surface area contributed by atoms with E-state index in [0.29, 0.717) is 23.6 Å². The number of ether oxygens (including phenoxy) is 1. The molecule has 3 N–H and O–H groups in total. The summed E-state index contributed by atoms with van der Waals surface area (Å²) >= 11 is 0. The molecule has 3 aromatic rings. The lowest BCUT2D eigenvalue weighted by Gasteiger charge is -2.28. The highest BCUT2D eigenvalue weighted by molar-refractivity contribution is 5.80. The monoisotopic (exact) mass is 470 g/mol. The average Bonchev–Trinajstić information content (AvgIpc) is 2.83. The number of phenolic OH excluding ortho intramolecular Hbond substituents is 1. The van der Waals surface area contributed by atoms with Gasteiger partial charge in [-0.2, -0.15) is 0 Å². The number of phenols is 1. The van der Waals surface area contributed by atoms with Crippen LogP contribution in [-0.4, -0.2) is 27.9 Å². The molecule has 180 valence electrons. The minimum Gasteiger partial charge on any atom is -0.508 e. The summed E-state index contributed by atoms with van der Waals surface area (Å²) in [5.41, 5.74) is 2.31. The fourth-order valence-corrected chi connectivity index (χ4v) is 3.60. The Morgan fingerprint density at radius 2 is 1.74 bits per heavy atom. The molecule has 6 nitrogen and oxygen atoms in total. The number of carboxylic acid groups (broad SMARTS) is 1. The molecule has 0 saturated carbocycles. The third-order valence-corrected chi connectivity index (χ3v) is 5.35. The molecule has 1 atom stereocenters. The molecular formula is C29H30N2O4. The molecule has 1 unspecified atom stereocenters. The predicted octanol–water partition coefficient (Wildman–Crippen LogP) is 5.59. The van der Waals surface area contributed by atoms with E-state index in [0.717, 1.165) is 16.9 Å². The fraction of sp³-hybridized carbons (Fsp3) is 0.172. The van der Waals surface area contributed by atoms with Crippen LogP contribution in [0.4, 0.5) is 0 Å². The zero-order valence-electron chi connectivity index (χ0n) is 19.9. The number of nitrogens with zero attached hydrogens (tertiary/aromatic N) is 1. The molecule has 0 amide bonds. The van der Waals surface area contributed by atoms with Crippen LogP contribution in [0.3, 0.4) is 0 Å². The largest absolute Gasteiger partial charge is 0.508 e. The van der Waals surface area contributed by atoms with Crippen LogP contribution < -0.4 is 10.1 Å². The number of hydrogen-bond donors (Lipinski definition) is 3. The van der Waals surface area contributed by atoms with Crippen LogP contribution >= 0.6 is 0 Å². The van der Waals surface area contributed by atoms with Crippen molar-refractivity contribution < 1.29 is 19.7 Å². The number of aromatic hydroxyl groups is 1. The van der Waals surface area contributed by atoms with Crippen molar-refractivity contribution in [3.63, 3.8) is 0 Å². The molecule has 0 heterocycles. The van der Waals surface area contributed by atoms with Crippen LogP contribution in [0.5, 0.6) is 11.5 Å². The molecule has 0 fully saturated rings. The Kier molecular flexibility index (Phi) is 8.46. The quantitative estimate of drug-likeness (QED) is 0.251. The van der Waals surface area contributed by atoms with E-state index in [1.807, 2.05) is 61.5 Å². The number of allylic oxidation sites excluding steroid dienone is 1. The van der Waals surface area contributed by atoms with Gasteiger partial charge in [0.2, 0.25) is 0 Å². The van der Waals surface area contributed by atoms with E-state index >= 15 is 0 Å². The van der Waals surface area contributed by atoms with Crippen molar-refractivity contribution in [2.45, 2.75) is 32.4 Å². The lowest BCUT2D eigenvalue weighted by molar-refractivity contribution is -0.143. The highest BCUT2D eigenvalue weighted by Gasteiger charge is 2.33. The molecular weight excluding hydrogens is 440 g/mol. The molecule has 35 heavy (non-hydrogen) atoms. The van der Waals surface area contributed by atoms with E-state index in [1.165, 1.54) is 0 Å².